The van der Waals surface area contributed by atoms with Gasteiger partial charge in [-0.1, -0.05) is 23.7 Å². The molecule has 0 saturated heterocycles. The third kappa shape index (κ3) is 6.56. The van der Waals surface area contributed by atoms with E-state index in [1.165, 1.54) is 88.0 Å². The van der Waals surface area contributed by atoms with Gasteiger partial charge in [0.2, 0.25) is 0 Å². The van der Waals surface area contributed by atoms with Crippen LogP contribution < -0.4 is 23.8 Å². The predicted octanol–water partition coefficient (Wildman–Crippen LogP) is 5.24. The molecule has 0 unspecified atom stereocenters. The summed E-state index contributed by atoms with van der Waals surface area (Å²) in [4.78, 5) is 12.8. The zero-order valence-corrected chi connectivity index (χ0v) is 24.5. The molecule has 4 aromatic carbocycles. The normalized spacial score (nSPS) is 11.4. The highest BCUT2D eigenvalue weighted by Crippen LogP contribution is 2.32. The van der Waals surface area contributed by atoms with Crippen molar-refractivity contribution in [3.05, 3.63) is 102 Å². The third-order valence-corrected chi connectivity index (χ3v) is 9.54. The van der Waals surface area contributed by atoms with Crippen LogP contribution >= 0.6 is 11.6 Å². The molecule has 0 aliphatic carbocycles. The molecule has 0 aromatic heterocycles. The summed E-state index contributed by atoms with van der Waals surface area (Å²) >= 11 is 6.04. The average molecular weight is 616 g/mol. The van der Waals surface area contributed by atoms with Crippen molar-refractivity contribution in [1.82, 2.24) is 0 Å². The number of methoxy groups -OCH3 is 2. The van der Waals surface area contributed by atoms with Gasteiger partial charge in [-0.25, -0.2) is 16.8 Å². The molecular formula is C28H26ClN3O7S2. The van der Waals surface area contributed by atoms with Crippen LogP contribution in [0.25, 0.3) is 0 Å². The predicted molar refractivity (Wildman–Crippen MR) is 158 cm³/mol. The molecule has 4 aromatic rings. The number of nitrogens with zero attached hydrogens (tertiary/aromatic N) is 1. The van der Waals surface area contributed by atoms with Crippen LogP contribution in [0.1, 0.15) is 10.4 Å². The fraction of sp³-hybridized carbons (Fsp3) is 0.107. The number of nitrogens with one attached hydrogen (secondary N) is 2. The third-order valence-electron chi connectivity index (χ3n) is 6.05. The van der Waals surface area contributed by atoms with E-state index in [9.17, 15) is 21.6 Å². The summed E-state index contributed by atoms with van der Waals surface area (Å²) in [5.41, 5.74) is 1.21. The second-order valence-electron chi connectivity index (χ2n) is 8.60. The van der Waals surface area contributed by atoms with Gasteiger partial charge in [0, 0.05) is 24.4 Å². The average Bonchev–Trinajstić information content (AvgIpc) is 2.97. The summed E-state index contributed by atoms with van der Waals surface area (Å²) in [6.45, 7) is 0. The van der Waals surface area contributed by atoms with Gasteiger partial charge in [-0.3, -0.25) is 13.8 Å². The largest absolute Gasteiger partial charge is 0.493 e. The summed E-state index contributed by atoms with van der Waals surface area (Å²) < 4.78 is 65.6. The second kappa shape index (κ2) is 12.1. The minimum Gasteiger partial charge on any atom is -0.493 e. The molecule has 0 aliphatic heterocycles. The number of hydrogen-bond donors (Lipinski definition) is 2. The molecule has 2 N–H and O–H groups in total. The molecule has 0 heterocycles. The fourth-order valence-electron chi connectivity index (χ4n) is 3.76. The van der Waals surface area contributed by atoms with Gasteiger partial charge in [-0.15, -0.1) is 0 Å². The van der Waals surface area contributed by atoms with Crippen molar-refractivity contribution in [2.75, 3.05) is 35.6 Å². The number of rotatable bonds is 10. The first kappa shape index (κ1) is 29.7. The van der Waals surface area contributed by atoms with Crippen LogP contribution in [0.3, 0.4) is 0 Å². The van der Waals surface area contributed by atoms with E-state index in [-0.39, 0.29) is 31.8 Å². The number of halogens is 1. The lowest BCUT2D eigenvalue weighted by molar-refractivity contribution is 0.102. The van der Waals surface area contributed by atoms with E-state index >= 15 is 0 Å². The van der Waals surface area contributed by atoms with Crippen molar-refractivity contribution in [3.63, 3.8) is 0 Å². The van der Waals surface area contributed by atoms with Gasteiger partial charge in [0.15, 0.2) is 11.5 Å². The SMILES string of the molecule is COc1ccc(S(=O)(=O)N(C)c2ccc(C(=O)Nc3ccc(S(=O)(=O)Nc4ccccc4Cl)cc3)cc2)cc1OC. The lowest BCUT2D eigenvalue weighted by atomic mass is 10.2. The van der Waals surface area contributed by atoms with Crippen LogP contribution in [0.15, 0.2) is 101 Å². The second-order valence-corrected chi connectivity index (χ2v) is 12.7. The Labute approximate surface area is 243 Å². The van der Waals surface area contributed by atoms with Crippen LogP contribution in [-0.2, 0) is 20.0 Å². The molecule has 0 fully saturated rings. The van der Waals surface area contributed by atoms with E-state index in [0.29, 0.717) is 17.1 Å². The first-order valence-electron chi connectivity index (χ1n) is 12.0. The summed E-state index contributed by atoms with van der Waals surface area (Å²) in [6.07, 6.45) is 0. The van der Waals surface area contributed by atoms with E-state index in [1.54, 1.807) is 24.3 Å². The zero-order valence-electron chi connectivity index (χ0n) is 22.2. The topological polar surface area (TPSA) is 131 Å². The van der Waals surface area contributed by atoms with Crippen molar-refractivity contribution < 1.29 is 31.1 Å². The smallest absolute Gasteiger partial charge is 0.264 e. The van der Waals surface area contributed by atoms with E-state index in [0.717, 1.165) is 4.31 Å². The van der Waals surface area contributed by atoms with Crippen LogP contribution in [0.2, 0.25) is 5.02 Å². The van der Waals surface area contributed by atoms with Gasteiger partial charge < -0.3 is 14.8 Å². The molecular weight excluding hydrogens is 590 g/mol. The zero-order chi connectivity index (χ0) is 29.8. The van der Waals surface area contributed by atoms with Gasteiger partial charge in [-0.2, -0.15) is 0 Å². The highest BCUT2D eigenvalue weighted by Gasteiger charge is 2.23. The number of anilines is 3. The van der Waals surface area contributed by atoms with E-state index < -0.39 is 26.0 Å². The molecule has 10 nitrogen and oxygen atoms in total. The Bertz CT molecular complexity index is 1780. The molecule has 13 heteroatoms. The van der Waals surface area contributed by atoms with E-state index in [2.05, 4.69) is 10.0 Å². The molecule has 0 saturated carbocycles. The number of sulfonamides is 2. The number of carbonyl (C=O) groups excluding carboxylic acids is 1. The lowest BCUT2D eigenvalue weighted by Crippen LogP contribution is -2.26. The summed E-state index contributed by atoms with van der Waals surface area (Å²) in [5.74, 6) is 0.206. The molecule has 41 heavy (non-hydrogen) atoms. The van der Waals surface area contributed by atoms with Crippen LogP contribution in [-0.4, -0.2) is 44.0 Å². The Morgan fingerprint density at radius 1 is 0.780 bits per heavy atom. The first-order valence-corrected chi connectivity index (χ1v) is 15.3. The maximum atomic E-state index is 13.2. The van der Waals surface area contributed by atoms with Crippen LogP contribution in [0, 0.1) is 0 Å². The Kier molecular flexibility index (Phi) is 8.76. The van der Waals surface area contributed by atoms with Crippen molar-refractivity contribution in [2.24, 2.45) is 0 Å². The number of amides is 1. The van der Waals surface area contributed by atoms with Gasteiger partial charge in [0.25, 0.3) is 26.0 Å². The van der Waals surface area contributed by atoms with Gasteiger partial charge in [0.1, 0.15) is 0 Å². The van der Waals surface area contributed by atoms with Crippen molar-refractivity contribution in [2.45, 2.75) is 9.79 Å². The number of benzene rings is 4. The van der Waals surface area contributed by atoms with Gasteiger partial charge in [0.05, 0.1) is 40.4 Å². The number of para-hydroxylation sites is 1. The lowest BCUT2D eigenvalue weighted by Gasteiger charge is -2.20. The quantitative estimate of drug-likeness (QED) is 0.250. The van der Waals surface area contributed by atoms with Gasteiger partial charge >= 0.3 is 0 Å². The molecule has 0 bridgehead atoms. The Morgan fingerprint density at radius 3 is 2.00 bits per heavy atom. The number of ether oxygens (including phenoxy) is 2. The van der Waals surface area contributed by atoms with Crippen molar-refractivity contribution >= 4 is 54.6 Å². The minimum absolute atomic E-state index is 0.00648. The Hall–Kier alpha value is -4.26. The van der Waals surface area contributed by atoms with Gasteiger partial charge in [-0.05, 0) is 72.8 Å². The first-order chi connectivity index (χ1) is 19.5. The molecule has 0 spiro atoms. The maximum absolute atomic E-state index is 13.2. The maximum Gasteiger partial charge on any atom is 0.264 e. The highest BCUT2D eigenvalue weighted by molar-refractivity contribution is 7.93. The Morgan fingerprint density at radius 2 is 1.39 bits per heavy atom. The number of hydrogen-bond acceptors (Lipinski definition) is 7. The summed E-state index contributed by atoms with van der Waals surface area (Å²) in [6, 6.07) is 22.3. The molecule has 4 rings (SSSR count). The fourth-order valence-corrected chi connectivity index (χ4v) is 6.30. The molecule has 0 aliphatic rings. The summed E-state index contributed by atoms with van der Waals surface area (Å²) in [5, 5.41) is 2.95. The minimum atomic E-state index is -3.93. The van der Waals surface area contributed by atoms with E-state index in [4.69, 9.17) is 21.1 Å². The highest BCUT2D eigenvalue weighted by atomic mass is 35.5. The summed E-state index contributed by atoms with van der Waals surface area (Å²) in [7, 11) is -3.56. The molecule has 214 valence electrons. The monoisotopic (exact) mass is 615 g/mol. The van der Waals surface area contributed by atoms with Crippen molar-refractivity contribution in [1.29, 1.82) is 0 Å². The Balaban J connectivity index is 1.44. The van der Waals surface area contributed by atoms with Crippen LogP contribution in [0.4, 0.5) is 17.1 Å². The van der Waals surface area contributed by atoms with Crippen LogP contribution in [0.5, 0.6) is 11.5 Å². The van der Waals surface area contributed by atoms with Crippen molar-refractivity contribution in [3.8, 4) is 11.5 Å². The molecule has 1 amide bonds. The standard InChI is InChI=1S/C28H26ClN3O7S2/c1-32(41(36,37)23-16-17-26(38-2)27(18-23)39-3)21-12-8-19(9-13-21)28(33)30-20-10-14-22(15-11-20)40(34,35)31-25-7-5-4-6-24(25)29/h4-18,31H,1-3H3,(H,30,33). The number of carbonyl (C=O) groups is 1. The molecule has 0 atom stereocenters. The molecule has 0 radical (unpaired) electrons. The van der Waals surface area contributed by atoms with E-state index in [1.807, 2.05) is 0 Å².